The molecule has 0 aliphatic carbocycles. The first-order valence-corrected chi connectivity index (χ1v) is 17.7. The Morgan fingerprint density at radius 1 is 0.830 bits per heavy atom. The second kappa shape index (κ2) is 15.8. The van der Waals surface area contributed by atoms with Crippen LogP contribution in [0, 0.1) is 20.8 Å². The van der Waals surface area contributed by atoms with Crippen LogP contribution in [0.1, 0.15) is 48.1 Å². The van der Waals surface area contributed by atoms with E-state index in [9.17, 15) is 18.0 Å². The molecule has 0 bridgehead atoms. The van der Waals surface area contributed by atoms with Crippen LogP contribution in [0.15, 0.2) is 95.9 Å². The molecular formula is C37H41Cl2N3O4S. The second-order valence-corrected chi connectivity index (χ2v) is 14.5. The zero-order valence-electron chi connectivity index (χ0n) is 27.3. The summed E-state index contributed by atoms with van der Waals surface area (Å²) < 4.78 is 29.8. The molecule has 4 aromatic carbocycles. The van der Waals surface area contributed by atoms with E-state index in [-0.39, 0.29) is 29.8 Å². The molecule has 1 N–H and O–H groups in total. The monoisotopic (exact) mass is 693 g/mol. The lowest BCUT2D eigenvalue weighted by molar-refractivity contribution is -0.140. The van der Waals surface area contributed by atoms with Crippen LogP contribution >= 0.6 is 23.2 Å². The van der Waals surface area contributed by atoms with E-state index in [2.05, 4.69) is 5.32 Å². The molecule has 0 saturated heterocycles. The van der Waals surface area contributed by atoms with Crippen LogP contribution in [0.4, 0.5) is 5.69 Å². The molecule has 4 aromatic rings. The lowest BCUT2D eigenvalue weighted by Crippen LogP contribution is -2.54. The minimum atomic E-state index is -4.22. The van der Waals surface area contributed by atoms with Crippen molar-refractivity contribution in [1.82, 2.24) is 10.2 Å². The van der Waals surface area contributed by atoms with Crippen molar-refractivity contribution < 1.29 is 18.0 Å². The largest absolute Gasteiger partial charge is 0.352 e. The Morgan fingerprint density at radius 2 is 1.45 bits per heavy atom. The van der Waals surface area contributed by atoms with Gasteiger partial charge in [-0.3, -0.25) is 13.9 Å². The third kappa shape index (κ3) is 8.74. The molecule has 0 aliphatic rings. The zero-order chi connectivity index (χ0) is 34.3. The minimum absolute atomic E-state index is 0.0489. The Kier molecular flexibility index (Phi) is 12.1. The second-order valence-electron chi connectivity index (χ2n) is 11.8. The van der Waals surface area contributed by atoms with Gasteiger partial charge in [0.2, 0.25) is 11.8 Å². The van der Waals surface area contributed by atoms with Gasteiger partial charge in [-0.05, 0) is 81.1 Å². The molecule has 47 heavy (non-hydrogen) atoms. The van der Waals surface area contributed by atoms with Gasteiger partial charge < -0.3 is 10.2 Å². The standard InChI is InChI=1S/C37H41Cl2N3O4S/c1-6-27(4)40-37(44)35(22-29-13-8-7-9-14-29)41(23-31-32(38)15-11-16-33(31)39)36(43)24-42(34-17-10-12-26(3)28(34)5)47(45,46)30-20-18-25(2)19-21-30/h7-21,27,35H,6,22-24H2,1-5H3,(H,40,44). The van der Waals surface area contributed by atoms with Crippen LogP contribution in [-0.2, 0) is 32.6 Å². The van der Waals surface area contributed by atoms with Gasteiger partial charge in [0.05, 0.1) is 10.6 Å². The number of amides is 2. The van der Waals surface area contributed by atoms with Gasteiger partial charge in [0.15, 0.2) is 0 Å². The van der Waals surface area contributed by atoms with Gasteiger partial charge in [-0.2, -0.15) is 0 Å². The summed E-state index contributed by atoms with van der Waals surface area (Å²) in [6, 6.07) is 25.1. The molecule has 0 aliphatic heterocycles. The average molecular weight is 695 g/mol. The highest BCUT2D eigenvalue weighted by atomic mass is 35.5. The molecule has 2 unspecified atom stereocenters. The topological polar surface area (TPSA) is 86.8 Å². The maximum atomic E-state index is 14.7. The number of sulfonamides is 1. The van der Waals surface area contributed by atoms with Crippen molar-refractivity contribution in [2.45, 2.75) is 71.0 Å². The molecular weight excluding hydrogens is 653 g/mol. The summed E-state index contributed by atoms with van der Waals surface area (Å²) in [6.07, 6.45) is 0.869. The van der Waals surface area contributed by atoms with Crippen LogP contribution in [-0.4, -0.2) is 43.8 Å². The SMILES string of the molecule is CCC(C)NC(=O)C(Cc1ccccc1)N(Cc1c(Cl)cccc1Cl)C(=O)CN(c1cccc(C)c1C)S(=O)(=O)c1ccc(C)cc1. The maximum absolute atomic E-state index is 14.7. The number of nitrogens with zero attached hydrogens (tertiary/aromatic N) is 2. The van der Waals surface area contributed by atoms with E-state index in [0.717, 1.165) is 21.0 Å². The molecule has 0 saturated carbocycles. The lowest BCUT2D eigenvalue weighted by Gasteiger charge is -2.35. The number of nitrogens with one attached hydrogen (secondary N) is 1. The summed E-state index contributed by atoms with van der Waals surface area (Å²) in [6.45, 7) is 8.76. The van der Waals surface area contributed by atoms with Crippen LogP contribution in [0.2, 0.25) is 10.0 Å². The van der Waals surface area contributed by atoms with Gasteiger partial charge in [-0.15, -0.1) is 0 Å². The van der Waals surface area contributed by atoms with Crippen molar-refractivity contribution in [2.75, 3.05) is 10.8 Å². The fourth-order valence-electron chi connectivity index (χ4n) is 5.21. The number of rotatable bonds is 13. The van der Waals surface area contributed by atoms with E-state index >= 15 is 0 Å². The summed E-state index contributed by atoms with van der Waals surface area (Å²) in [7, 11) is -4.22. The number of carbonyl (C=O) groups is 2. The lowest BCUT2D eigenvalue weighted by atomic mass is 10.0. The van der Waals surface area contributed by atoms with Crippen LogP contribution < -0.4 is 9.62 Å². The molecule has 4 rings (SSSR count). The van der Waals surface area contributed by atoms with Crippen molar-refractivity contribution in [3.8, 4) is 0 Å². The van der Waals surface area contributed by atoms with Gasteiger partial charge in [0.1, 0.15) is 12.6 Å². The van der Waals surface area contributed by atoms with Gasteiger partial charge in [0, 0.05) is 34.6 Å². The van der Waals surface area contributed by atoms with E-state index in [1.807, 2.05) is 71.0 Å². The van der Waals surface area contributed by atoms with Crippen molar-refractivity contribution in [3.63, 3.8) is 0 Å². The highest BCUT2D eigenvalue weighted by Gasteiger charge is 2.36. The first-order chi connectivity index (χ1) is 22.3. The minimum Gasteiger partial charge on any atom is -0.352 e. The van der Waals surface area contributed by atoms with Crippen LogP contribution in [0.25, 0.3) is 0 Å². The van der Waals surface area contributed by atoms with Crippen molar-refractivity contribution in [3.05, 3.63) is 129 Å². The number of hydrogen-bond donors (Lipinski definition) is 1. The van der Waals surface area contributed by atoms with Gasteiger partial charge in [-0.25, -0.2) is 8.42 Å². The summed E-state index contributed by atoms with van der Waals surface area (Å²) in [5, 5.41) is 3.69. The zero-order valence-corrected chi connectivity index (χ0v) is 29.7. The fraction of sp³-hybridized carbons (Fsp3) is 0.297. The molecule has 0 aromatic heterocycles. The maximum Gasteiger partial charge on any atom is 0.264 e. The third-order valence-corrected chi connectivity index (χ3v) is 10.9. The summed E-state index contributed by atoms with van der Waals surface area (Å²) >= 11 is 13.2. The smallest absolute Gasteiger partial charge is 0.264 e. The molecule has 0 heterocycles. The predicted molar refractivity (Wildman–Crippen MR) is 190 cm³/mol. The Morgan fingerprint density at radius 3 is 2.06 bits per heavy atom. The molecule has 0 radical (unpaired) electrons. The first-order valence-electron chi connectivity index (χ1n) is 15.6. The average Bonchev–Trinajstić information content (AvgIpc) is 3.04. The van der Waals surface area contributed by atoms with E-state index < -0.39 is 28.5 Å². The van der Waals surface area contributed by atoms with Gasteiger partial charge in [0.25, 0.3) is 10.0 Å². The van der Waals surface area contributed by atoms with E-state index in [1.165, 1.54) is 17.0 Å². The number of halogens is 2. The number of carbonyl (C=O) groups excluding carboxylic acids is 2. The van der Waals surface area contributed by atoms with E-state index in [0.29, 0.717) is 33.3 Å². The van der Waals surface area contributed by atoms with Gasteiger partial charge >= 0.3 is 0 Å². The quantitative estimate of drug-likeness (QED) is 0.156. The molecule has 7 nitrogen and oxygen atoms in total. The Bertz CT molecular complexity index is 1800. The molecule has 2 atom stereocenters. The number of anilines is 1. The Balaban J connectivity index is 1.87. The third-order valence-electron chi connectivity index (χ3n) is 8.39. The van der Waals surface area contributed by atoms with E-state index in [4.69, 9.17) is 23.2 Å². The predicted octanol–water partition coefficient (Wildman–Crippen LogP) is 7.67. The van der Waals surface area contributed by atoms with Crippen molar-refractivity contribution in [1.29, 1.82) is 0 Å². The Hall–Kier alpha value is -3.85. The highest BCUT2D eigenvalue weighted by Crippen LogP contribution is 2.31. The first kappa shape index (κ1) is 36.0. The molecule has 248 valence electrons. The summed E-state index contributed by atoms with van der Waals surface area (Å²) in [5.41, 5.74) is 4.15. The van der Waals surface area contributed by atoms with E-state index in [1.54, 1.807) is 42.5 Å². The molecule has 0 fully saturated rings. The molecule has 0 spiro atoms. The number of benzene rings is 4. The molecule has 10 heteroatoms. The van der Waals surface area contributed by atoms with Gasteiger partial charge in [-0.1, -0.05) is 96.4 Å². The fourth-order valence-corrected chi connectivity index (χ4v) is 7.19. The summed E-state index contributed by atoms with van der Waals surface area (Å²) in [4.78, 5) is 30.2. The van der Waals surface area contributed by atoms with Crippen molar-refractivity contribution >= 4 is 50.7 Å². The number of aryl methyl sites for hydroxylation is 2. The van der Waals surface area contributed by atoms with Crippen LogP contribution in [0.3, 0.4) is 0 Å². The normalized spacial score (nSPS) is 12.7. The number of hydrogen-bond acceptors (Lipinski definition) is 4. The molecule has 2 amide bonds. The van der Waals surface area contributed by atoms with Crippen molar-refractivity contribution in [2.24, 2.45) is 0 Å². The Labute approximate surface area is 288 Å². The van der Waals surface area contributed by atoms with Crippen LogP contribution in [0.5, 0.6) is 0 Å². The summed E-state index contributed by atoms with van der Waals surface area (Å²) in [5.74, 6) is -0.947. The highest BCUT2D eigenvalue weighted by molar-refractivity contribution is 7.92.